The van der Waals surface area contributed by atoms with Gasteiger partial charge in [-0.15, -0.1) is 0 Å². The van der Waals surface area contributed by atoms with Gasteiger partial charge in [0.25, 0.3) is 5.91 Å². The minimum absolute atomic E-state index is 0.0133. The van der Waals surface area contributed by atoms with E-state index in [1.54, 1.807) is 19.1 Å². The summed E-state index contributed by atoms with van der Waals surface area (Å²) < 4.78 is 10.6. The predicted octanol–water partition coefficient (Wildman–Crippen LogP) is 4.17. The Morgan fingerprint density at radius 2 is 1.61 bits per heavy atom. The molecule has 2 rings (SSSR count). The average molecular weight is 427 g/mol. The molecule has 0 bridgehead atoms. The summed E-state index contributed by atoms with van der Waals surface area (Å²) in [7, 11) is 3.18. The van der Waals surface area contributed by atoms with E-state index in [-0.39, 0.29) is 23.7 Å². The topological polar surface area (TPSA) is 67.9 Å². The van der Waals surface area contributed by atoms with Crippen LogP contribution in [0.2, 0.25) is 0 Å². The predicted molar refractivity (Wildman–Crippen MR) is 123 cm³/mol. The highest BCUT2D eigenvalue weighted by Crippen LogP contribution is 2.28. The molecule has 1 N–H and O–H groups in total. The van der Waals surface area contributed by atoms with Gasteiger partial charge < -0.3 is 19.7 Å². The molecule has 168 valence electrons. The highest BCUT2D eigenvalue weighted by molar-refractivity contribution is 5.94. The van der Waals surface area contributed by atoms with Gasteiger partial charge >= 0.3 is 0 Å². The van der Waals surface area contributed by atoms with Gasteiger partial charge in [-0.1, -0.05) is 39.0 Å². The van der Waals surface area contributed by atoms with Crippen LogP contribution in [0.4, 0.5) is 0 Å². The first-order valence-electron chi connectivity index (χ1n) is 10.6. The van der Waals surface area contributed by atoms with E-state index in [0.717, 1.165) is 5.56 Å². The molecule has 6 heteroatoms. The molecule has 0 saturated carbocycles. The van der Waals surface area contributed by atoms with E-state index in [4.69, 9.17) is 9.47 Å². The smallest absolute Gasteiger partial charge is 0.251 e. The molecule has 0 aromatic heterocycles. The Balaban J connectivity index is 1.89. The average Bonchev–Trinajstić information content (AvgIpc) is 2.76. The number of methoxy groups -OCH3 is 2. The molecule has 0 aliphatic carbocycles. The van der Waals surface area contributed by atoms with Gasteiger partial charge in [0.2, 0.25) is 5.91 Å². The SMILES string of the molecule is CCN(Cc1ccc(OC)c(OC)c1)C(=O)CCNC(=O)c1ccc(C(C)(C)C)cc1. The number of carbonyl (C=O) groups excluding carboxylic acids is 2. The van der Waals surface area contributed by atoms with Crippen molar-refractivity contribution in [3.63, 3.8) is 0 Å². The van der Waals surface area contributed by atoms with Crippen LogP contribution in [0, 0.1) is 0 Å². The monoisotopic (exact) mass is 426 g/mol. The fourth-order valence-corrected chi connectivity index (χ4v) is 3.24. The van der Waals surface area contributed by atoms with Gasteiger partial charge in [-0.05, 0) is 47.7 Å². The third-order valence-electron chi connectivity index (χ3n) is 5.19. The standard InChI is InChI=1S/C25H34N2O4/c1-7-27(17-18-8-13-21(30-5)22(16-18)31-6)23(28)14-15-26-24(29)19-9-11-20(12-10-19)25(2,3)4/h8-13,16H,7,14-15,17H2,1-6H3,(H,26,29). The Bertz CT molecular complexity index is 885. The second-order valence-corrected chi connectivity index (χ2v) is 8.43. The normalized spacial score (nSPS) is 11.0. The van der Waals surface area contributed by atoms with Crippen LogP contribution in [0.15, 0.2) is 42.5 Å². The van der Waals surface area contributed by atoms with Gasteiger partial charge in [0, 0.05) is 31.6 Å². The Morgan fingerprint density at radius 3 is 2.16 bits per heavy atom. The van der Waals surface area contributed by atoms with Crippen molar-refractivity contribution in [1.29, 1.82) is 0 Å². The number of benzene rings is 2. The van der Waals surface area contributed by atoms with Gasteiger partial charge in [-0.3, -0.25) is 9.59 Å². The van der Waals surface area contributed by atoms with Crippen LogP contribution in [0.25, 0.3) is 0 Å². The number of rotatable bonds is 9. The van der Waals surface area contributed by atoms with Crippen molar-refractivity contribution >= 4 is 11.8 Å². The van der Waals surface area contributed by atoms with Crippen molar-refractivity contribution in [2.24, 2.45) is 0 Å². The lowest BCUT2D eigenvalue weighted by Gasteiger charge is -2.22. The van der Waals surface area contributed by atoms with Gasteiger partial charge in [0.05, 0.1) is 14.2 Å². The summed E-state index contributed by atoms with van der Waals surface area (Å²) in [5.74, 6) is 1.10. The number of ether oxygens (including phenoxy) is 2. The summed E-state index contributed by atoms with van der Waals surface area (Å²) in [4.78, 5) is 26.8. The van der Waals surface area contributed by atoms with Crippen molar-refractivity contribution in [3.05, 3.63) is 59.2 Å². The highest BCUT2D eigenvalue weighted by Gasteiger charge is 2.16. The molecule has 0 aliphatic heterocycles. The molecule has 6 nitrogen and oxygen atoms in total. The summed E-state index contributed by atoms with van der Waals surface area (Å²) in [6, 6.07) is 13.2. The first kappa shape index (κ1) is 24.3. The zero-order valence-electron chi connectivity index (χ0n) is 19.5. The molecular weight excluding hydrogens is 392 g/mol. The lowest BCUT2D eigenvalue weighted by molar-refractivity contribution is -0.131. The lowest BCUT2D eigenvalue weighted by Crippen LogP contribution is -2.34. The molecule has 0 saturated heterocycles. The molecule has 0 aliphatic rings. The summed E-state index contributed by atoms with van der Waals surface area (Å²) in [5.41, 5.74) is 2.76. The number of nitrogens with one attached hydrogen (secondary N) is 1. The molecule has 2 aromatic rings. The molecule has 31 heavy (non-hydrogen) atoms. The second-order valence-electron chi connectivity index (χ2n) is 8.43. The fraction of sp³-hybridized carbons (Fsp3) is 0.440. The number of hydrogen-bond acceptors (Lipinski definition) is 4. The highest BCUT2D eigenvalue weighted by atomic mass is 16.5. The van der Waals surface area contributed by atoms with E-state index < -0.39 is 0 Å². The summed E-state index contributed by atoms with van der Waals surface area (Å²) in [6.07, 6.45) is 0.243. The maximum Gasteiger partial charge on any atom is 0.251 e. The van der Waals surface area contributed by atoms with Crippen LogP contribution < -0.4 is 14.8 Å². The van der Waals surface area contributed by atoms with E-state index in [2.05, 4.69) is 26.1 Å². The lowest BCUT2D eigenvalue weighted by atomic mass is 9.87. The van der Waals surface area contributed by atoms with Gasteiger partial charge in [0.15, 0.2) is 11.5 Å². The largest absolute Gasteiger partial charge is 0.493 e. The Hall–Kier alpha value is -3.02. The van der Waals surface area contributed by atoms with Crippen molar-refractivity contribution in [2.75, 3.05) is 27.3 Å². The van der Waals surface area contributed by atoms with Crippen LogP contribution >= 0.6 is 0 Å². The molecule has 0 fully saturated rings. The zero-order chi connectivity index (χ0) is 23.0. The van der Waals surface area contributed by atoms with E-state index in [1.807, 2.05) is 49.4 Å². The van der Waals surface area contributed by atoms with E-state index in [9.17, 15) is 9.59 Å². The molecule has 2 aromatic carbocycles. The van der Waals surface area contributed by atoms with Crippen molar-refractivity contribution < 1.29 is 19.1 Å². The van der Waals surface area contributed by atoms with Gasteiger partial charge in [-0.2, -0.15) is 0 Å². The molecular formula is C25H34N2O4. The molecule has 0 atom stereocenters. The number of nitrogens with zero attached hydrogens (tertiary/aromatic N) is 1. The second kappa shape index (κ2) is 10.8. The summed E-state index contributed by atoms with van der Waals surface area (Å²) in [5, 5.41) is 2.84. The Morgan fingerprint density at radius 1 is 0.968 bits per heavy atom. The summed E-state index contributed by atoms with van der Waals surface area (Å²) in [6.45, 7) is 9.68. The molecule has 0 unspecified atom stereocenters. The number of amides is 2. The Labute approximate surface area is 185 Å². The minimum Gasteiger partial charge on any atom is -0.493 e. The van der Waals surface area contributed by atoms with E-state index in [1.165, 1.54) is 5.56 Å². The van der Waals surface area contributed by atoms with Crippen LogP contribution in [0.5, 0.6) is 11.5 Å². The van der Waals surface area contributed by atoms with Crippen LogP contribution in [-0.2, 0) is 16.8 Å². The van der Waals surface area contributed by atoms with E-state index >= 15 is 0 Å². The maximum atomic E-state index is 12.6. The number of carbonyl (C=O) groups is 2. The van der Waals surface area contributed by atoms with Crippen LogP contribution in [0.1, 0.15) is 55.6 Å². The fourth-order valence-electron chi connectivity index (χ4n) is 3.24. The summed E-state index contributed by atoms with van der Waals surface area (Å²) >= 11 is 0. The van der Waals surface area contributed by atoms with Crippen molar-refractivity contribution in [3.8, 4) is 11.5 Å². The minimum atomic E-state index is -0.170. The third-order valence-corrected chi connectivity index (χ3v) is 5.19. The molecule has 0 heterocycles. The Kier molecular flexibility index (Phi) is 8.48. The van der Waals surface area contributed by atoms with E-state index in [0.29, 0.717) is 36.7 Å². The number of hydrogen-bond donors (Lipinski definition) is 1. The van der Waals surface area contributed by atoms with Gasteiger partial charge in [-0.25, -0.2) is 0 Å². The van der Waals surface area contributed by atoms with Crippen molar-refractivity contribution in [1.82, 2.24) is 10.2 Å². The zero-order valence-corrected chi connectivity index (χ0v) is 19.5. The third kappa shape index (κ3) is 6.74. The first-order chi connectivity index (χ1) is 14.7. The van der Waals surface area contributed by atoms with Crippen molar-refractivity contribution in [2.45, 2.75) is 46.1 Å². The molecule has 0 spiro atoms. The van der Waals surface area contributed by atoms with Gasteiger partial charge in [0.1, 0.15) is 0 Å². The quantitative estimate of drug-likeness (QED) is 0.653. The van der Waals surface area contributed by atoms with Crippen LogP contribution in [0.3, 0.4) is 0 Å². The molecule has 0 radical (unpaired) electrons. The van der Waals surface area contributed by atoms with Crippen LogP contribution in [-0.4, -0.2) is 44.0 Å². The first-order valence-corrected chi connectivity index (χ1v) is 10.6. The molecule has 2 amide bonds. The maximum absolute atomic E-state index is 12.6.